The number of alkyl halides is 6. The highest BCUT2D eigenvalue weighted by Crippen LogP contribution is 2.51. The number of nitrogens with two attached hydrogens (primary N) is 1. The molecule has 0 spiro atoms. The van der Waals surface area contributed by atoms with Crippen LogP contribution in [0.3, 0.4) is 0 Å². The molecule has 3 rings (SSSR count). The standard InChI is InChI=1S/C15H15F6N5O3S2/c16-14(17,18)13(27,15(19,20)21)8-7-24-12(26-5-3-23-4-6-26)25-11(8)31(28,29)10-2-1-9(22)30-10/h1-2,7,23,27H,3-6,22H2. The normalized spacial score (nSPS) is 16.5. The Labute approximate surface area is 175 Å². The van der Waals surface area contributed by atoms with Crippen molar-refractivity contribution in [2.45, 2.75) is 27.2 Å². The van der Waals surface area contributed by atoms with Crippen LogP contribution in [0.25, 0.3) is 0 Å². The second kappa shape index (κ2) is 7.75. The predicted molar refractivity (Wildman–Crippen MR) is 97.3 cm³/mol. The zero-order valence-electron chi connectivity index (χ0n) is 15.3. The highest BCUT2D eigenvalue weighted by atomic mass is 32.2. The van der Waals surface area contributed by atoms with Crippen LogP contribution in [0, 0.1) is 0 Å². The number of sulfone groups is 1. The van der Waals surface area contributed by atoms with Crippen molar-refractivity contribution >= 4 is 32.1 Å². The first-order valence-corrected chi connectivity index (χ1v) is 10.8. The largest absolute Gasteiger partial charge is 0.430 e. The number of thiophene rings is 1. The molecule has 1 aliphatic heterocycles. The number of halogens is 6. The summed E-state index contributed by atoms with van der Waals surface area (Å²) in [5.41, 5.74) is -2.10. The lowest BCUT2D eigenvalue weighted by Crippen LogP contribution is -2.54. The number of nitrogens with one attached hydrogen (secondary N) is 1. The van der Waals surface area contributed by atoms with Gasteiger partial charge in [0.15, 0.2) is 5.03 Å². The van der Waals surface area contributed by atoms with Crippen LogP contribution in [0.15, 0.2) is 27.6 Å². The maximum absolute atomic E-state index is 13.5. The van der Waals surface area contributed by atoms with E-state index in [0.717, 1.165) is 12.1 Å². The van der Waals surface area contributed by atoms with Crippen molar-refractivity contribution in [3.8, 4) is 0 Å². The van der Waals surface area contributed by atoms with Crippen LogP contribution >= 0.6 is 11.3 Å². The fourth-order valence-electron chi connectivity index (χ4n) is 2.87. The maximum atomic E-state index is 13.5. The third-order valence-electron chi connectivity index (χ3n) is 4.47. The van der Waals surface area contributed by atoms with Gasteiger partial charge in [-0.05, 0) is 12.1 Å². The van der Waals surface area contributed by atoms with Gasteiger partial charge in [0.2, 0.25) is 15.8 Å². The number of hydrogen-bond acceptors (Lipinski definition) is 9. The SMILES string of the molecule is Nc1ccc(S(=O)(=O)c2nc(N3CCNCC3)ncc2C(O)(C(F)(F)F)C(F)(F)F)s1. The molecular formula is C15H15F6N5O3S2. The zero-order chi connectivity index (χ0) is 23.2. The van der Waals surface area contributed by atoms with Gasteiger partial charge >= 0.3 is 12.4 Å². The van der Waals surface area contributed by atoms with Gasteiger partial charge in [-0.15, -0.1) is 11.3 Å². The maximum Gasteiger partial charge on any atom is 0.430 e. The summed E-state index contributed by atoms with van der Waals surface area (Å²) < 4.78 is 106. The third-order valence-corrected chi connectivity index (χ3v) is 7.58. The molecule has 0 radical (unpaired) electrons. The minimum absolute atomic E-state index is 0.0431. The molecule has 2 aromatic heterocycles. The summed E-state index contributed by atoms with van der Waals surface area (Å²) in [5.74, 6) is -0.389. The first kappa shape index (κ1) is 23.5. The molecule has 0 saturated carbocycles. The minimum atomic E-state index is -6.32. The van der Waals surface area contributed by atoms with Crippen LogP contribution in [0.4, 0.5) is 37.3 Å². The van der Waals surface area contributed by atoms with Gasteiger partial charge < -0.3 is 21.1 Å². The number of aromatic nitrogens is 2. The summed E-state index contributed by atoms with van der Waals surface area (Å²) in [5, 5.41) is 11.1. The number of rotatable bonds is 4. The van der Waals surface area contributed by atoms with Crippen LogP contribution < -0.4 is 16.0 Å². The van der Waals surface area contributed by atoms with Gasteiger partial charge in [-0.25, -0.2) is 18.4 Å². The van der Waals surface area contributed by atoms with Gasteiger partial charge in [0.1, 0.15) is 4.21 Å². The Bertz CT molecular complexity index is 1050. The molecule has 0 atom stereocenters. The Morgan fingerprint density at radius 1 is 1.10 bits per heavy atom. The van der Waals surface area contributed by atoms with E-state index in [4.69, 9.17) is 5.73 Å². The number of nitrogen functional groups attached to an aromatic ring is 1. The molecule has 4 N–H and O–H groups in total. The molecule has 16 heteroatoms. The molecule has 1 aliphatic rings. The van der Waals surface area contributed by atoms with Crippen molar-refractivity contribution < 1.29 is 39.9 Å². The Morgan fingerprint density at radius 2 is 1.68 bits per heavy atom. The summed E-state index contributed by atoms with van der Waals surface area (Å²) in [7, 11) is -5.03. The Hall–Kier alpha value is -2.17. The van der Waals surface area contributed by atoms with Crippen molar-refractivity contribution in [1.29, 1.82) is 0 Å². The molecular weight excluding hydrogens is 476 g/mol. The molecule has 172 valence electrons. The van der Waals surface area contributed by atoms with E-state index in [1.165, 1.54) is 4.90 Å². The molecule has 0 amide bonds. The number of anilines is 2. The molecule has 8 nitrogen and oxygen atoms in total. The second-order valence-electron chi connectivity index (χ2n) is 6.49. The highest BCUT2D eigenvalue weighted by molar-refractivity contribution is 7.93. The molecule has 2 aromatic rings. The molecule has 0 unspecified atom stereocenters. The van der Waals surface area contributed by atoms with E-state index in [0.29, 0.717) is 24.4 Å². The lowest BCUT2D eigenvalue weighted by molar-refractivity contribution is -0.377. The van der Waals surface area contributed by atoms with Gasteiger partial charge in [0.25, 0.3) is 5.60 Å². The van der Waals surface area contributed by atoms with E-state index < -0.39 is 42.6 Å². The smallest absolute Gasteiger partial charge is 0.391 e. The van der Waals surface area contributed by atoms with Crippen LogP contribution in [0.5, 0.6) is 0 Å². The fourth-order valence-corrected chi connectivity index (χ4v) is 5.47. The quantitative estimate of drug-likeness (QED) is 0.436. The summed E-state index contributed by atoms with van der Waals surface area (Å²) in [6.45, 7) is 1.27. The van der Waals surface area contributed by atoms with Gasteiger partial charge in [-0.3, -0.25) is 0 Å². The molecule has 1 fully saturated rings. The zero-order valence-corrected chi connectivity index (χ0v) is 17.0. The first-order valence-electron chi connectivity index (χ1n) is 8.49. The fraction of sp³-hybridized carbons (Fsp3) is 0.467. The van der Waals surface area contributed by atoms with Crippen molar-refractivity contribution in [2.75, 3.05) is 36.8 Å². The molecule has 3 heterocycles. The Kier molecular flexibility index (Phi) is 5.88. The van der Waals surface area contributed by atoms with Crippen LogP contribution in [0.1, 0.15) is 5.56 Å². The molecule has 0 aliphatic carbocycles. The van der Waals surface area contributed by atoms with Gasteiger partial charge in [0.05, 0.1) is 10.6 Å². The summed E-state index contributed by atoms with van der Waals surface area (Å²) in [6.07, 6.45) is -12.6. The van der Waals surface area contributed by atoms with Crippen molar-refractivity contribution in [2.24, 2.45) is 0 Å². The van der Waals surface area contributed by atoms with Crippen molar-refractivity contribution in [3.05, 3.63) is 23.9 Å². The predicted octanol–water partition coefficient (Wildman–Crippen LogP) is 1.67. The number of hydrogen-bond donors (Lipinski definition) is 3. The van der Waals surface area contributed by atoms with Crippen molar-refractivity contribution in [3.63, 3.8) is 0 Å². The highest BCUT2D eigenvalue weighted by Gasteiger charge is 2.73. The van der Waals surface area contributed by atoms with E-state index in [-0.39, 0.29) is 30.2 Å². The molecule has 31 heavy (non-hydrogen) atoms. The van der Waals surface area contributed by atoms with E-state index in [2.05, 4.69) is 15.3 Å². The van der Waals surface area contributed by atoms with Crippen molar-refractivity contribution in [1.82, 2.24) is 15.3 Å². The van der Waals surface area contributed by atoms with Crippen LogP contribution in [0.2, 0.25) is 0 Å². The average Bonchev–Trinajstić information content (AvgIpc) is 3.13. The van der Waals surface area contributed by atoms with Gasteiger partial charge in [-0.1, -0.05) is 0 Å². The number of aliphatic hydroxyl groups is 1. The Morgan fingerprint density at radius 3 is 2.16 bits per heavy atom. The van der Waals surface area contributed by atoms with E-state index >= 15 is 0 Å². The first-order chi connectivity index (χ1) is 14.2. The van der Waals surface area contributed by atoms with Crippen LogP contribution in [-0.2, 0) is 15.4 Å². The minimum Gasteiger partial charge on any atom is -0.391 e. The Balaban J connectivity index is 2.31. The second-order valence-corrected chi connectivity index (χ2v) is 9.70. The summed E-state index contributed by atoms with van der Waals surface area (Å²) in [4.78, 5) is 8.45. The summed E-state index contributed by atoms with van der Waals surface area (Å²) in [6, 6.07) is 2.04. The van der Waals surface area contributed by atoms with Crippen LogP contribution in [-0.4, -0.2) is 62.0 Å². The van der Waals surface area contributed by atoms with Gasteiger partial charge in [0, 0.05) is 32.4 Å². The number of piperazine rings is 1. The lowest BCUT2D eigenvalue weighted by Gasteiger charge is -2.34. The van der Waals surface area contributed by atoms with Gasteiger partial charge in [-0.2, -0.15) is 26.3 Å². The molecule has 1 saturated heterocycles. The average molecular weight is 491 g/mol. The van der Waals surface area contributed by atoms with E-state index in [1.807, 2.05) is 0 Å². The number of nitrogens with zero attached hydrogens (tertiary/aromatic N) is 3. The monoisotopic (exact) mass is 491 g/mol. The van der Waals surface area contributed by atoms with E-state index in [1.54, 1.807) is 0 Å². The molecule has 0 aromatic carbocycles. The van der Waals surface area contributed by atoms with E-state index in [9.17, 15) is 39.9 Å². The lowest BCUT2D eigenvalue weighted by atomic mass is 9.95. The topological polar surface area (TPSA) is 121 Å². The third kappa shape index (κ3) is 4.04. The molecule has 0 bridgehead atoms. The summed E-state index contributed by atoms with van der Waals surface area (Å²) >= 11 is 0.427.